The third kappa shape index (κ3) is 3.32. The number of hydrogen-bond acceptors (Lipinski definition) is 4. The molecule has 0 aliphatic heterocycles. The zero-order chi connectivity index (χ0) is 12.1. The molecular weight excluding hydrogens is 236 g/mol. The maximum Gasteiger partial charge on any atom is 0.234 e. The number of H-pyrrole nitrogens is 1. The van der Waals surface area contributed by atoms with E-state index in [0.717, 1.165) is 11.3 Å². The first-order valence-corrected chi connectivity index (χ1v) is 6.08. The van der Waals surface area contributed by atoms with Gasteiger partial charge >= 0.3 is 0 Å². The molecule has 0 fully saturated rings. The van der Waals surface area contributed by atoms with Gasteiger partial charge < -0.3 is 5.32 Å². The van der Waals surface area contributed by atoms with Gasteiger partial charge in [0.05, 0.1) is 5.75 Å². The van der Waals surface area contributed by atoms with Gasteiger partial charge in [0, 0.05) is 5.69 Å². The highest BCUT2D eigenvalue weighted by Gasteiger charge is 2.06. The summed E-state index contributed by atoms with van der Waals surface area (Å²) >= 11 is 1.32. The van der Waals surface area contributed by atoms with Crippen molar-refractivity contribution in [2.24, 2.45) is 0 Å². The molecule has 88 valence electrons. The van der Waals surface area contributed by atoms with Crippen molar-refractivity contribution in [1.82, 2.24) is 15.2 Å². The Hall–Kier alpha value is -1.82. The van der Waals surface area contributed by atoms with Crippen LogP contribution in [0.4, 0.5) is 5.69 Å². The normalized spacial score (nSPS) is 10.2. The Morgan fingerprint density at radius 2 is 2.29 bits per heavy atom. The molecule has 2 aromatic rings. The number of nitrogens with one attached hydrogen (secondary N) is 2. The first-order valence-electron chi connectivity index (χ1n) is 5.09. The lowest BCUT2D eigenvalue weighted by atomic mass is 10.2. The monoisotopic (exact) mass is 248 g/mol. The first kappa shape index (κ1) is 11.7. The summed E-state index contributed by atoms with van der Waals surface area (Å²) in [5, 5.41) is 9.89. The summed E-state index contributed by atoms with van der Waals surface area (Å²) in [5.41, 5.74) is 1.89. The molecule has 0 unspecified atom stereocenters. The molecule has 17 heavy (non-hydrogen) atoms. The number of benzene rings is 1. The molecule has 1 heterocycles. The van der Waals surface area contributed by atoms with Gasteiger partial charge in [-0.15, -0.1) is 0 Å². The number of aromatic amines is 1. The van der Waals surface area contributed by atoms with E-state index in [1.54, 1.807) is 0 Å². The molecule has 0 saturated heterocycles. The largest absolute Gasteiger partial charge is 0.325 e. The number of hydrogen-bond donors (Lipinski definition) is 2. The molecule has 0 bridgehead atoms. The molecule has 0 radical (unpaired) electrons. The van der Waals surface area contributed by atoms with E-state index in [-0.39, 0.29) is 5.91 Å². The van der Waals surface area contributed by atoms with Crippen molar-refractivity contribution in [2.75, 3.05) is 11.1 Å². The van der Waals surface area contributed by atoms with Gasteiger partial charge in [-0.2, -0.15) is 5.10 Å². The number of nitrogens with zero attached hydrogens (tertiary/aromatic N) is 2. The van der Waals surface area contributed by atoms with E-state index < -0.39 is 0 Å². The number of para-hydroxylation sites is 1. The second kappa shape index (κ2) is 5.49. The van der Waals surface area contributed by atoms with Crippen LogP contribution in [0.1, 0.15) is 5.56 Å². The number of carbonyl (C=O) groups excluding carboxylic acids is 1. The second-order valence-corrected chi connectivity index (χ2v) is 4.41. The van der Waals surface area contributed by atoms with E-state index in [1.165, 1.54) is 18.1 Å². The van der Waals surface area contributed by atoms with E-state index in [2.05, 4.69) is 20.5 Å². The Morgan fingerprint density at radius 1 is 1.47 bits per heavy atom. The SMILES string of the molecule is Cc1ccccc1NC(=O)CSc1ncn[nH]1. The van der Waals surface area contributed by atoms with Crippen molar-refractivity contribution < 1.29 is 4.79 Å². The zero-order valence-electron chi connectivity index (χ0n) is 9.30. The topological polar surface area (TPSA) is 70.7 Å². The number of aromatic nitrogens is 3. The molecular formula is C11H12N4OS. The Balaban J connectivity index is 1.87. The van der Waals surface area contributed by atoms with Gasteiger partial charge in [0.15, 0.2) is 5.16 Å². The third-order valence-electron chi connectivity index (χ3n) is 2.15. The van der Waals surface area contributed by atoms with Gasteiger partial charge in [0.25, 0.3) is 0 Å². The summed E-state index contributed by atoms with van der Waals surface area (Å²) < 4.78 is 0. The fraction of sp³-hybridized carbons (Fsp3) is 0.182. The fourth-order valence-corrected chi connectivity index (χ4v) is 1.88. The zero-order valence-corrected chi connectivity index (χ0v) is 10.1. The average Bonchev–Trinajstić information content (AvgIpc) is 2.82. The lowest BCUT2D eigenvalue weighted by Gasteiger charge is -2.06. The summed E-state index contributed by atoms with van der Waals surface area (Å²) in [5.74, 6) is 0.254. The van der Waals surface area contributed by atoms with Crippen LogP contribution in [0.2, 0.25) is 0 Å². The molecule has 0 aliphatic rings. The van der Waals surface area contributed by atoms with Crippen molar-refractivity contribution in [2.45, 2.75) is 12.1 Å². The van der Waals surface area contributed by atoms with Gasteiger partial charge in [-0.25, -0.2) is 4.98 Å². The Bertz CT molecular complexity index is 498. The summed E-state index contributed by atoms with van der Waals surface area (Å²) in [6, 6.07) is 7.67. The van der Waals surface area contributed by atoms with Crippen LogP contribution in [0.15, 0.2) is 35.7 Å². The summed E-state index contributed by atoms with van der Waals surface area (Å²) in [7, 11) is 0. The van der Waals surface area contributed by atoms with Crippen molar-refractivity contribution in [1.29, 1.82) is 0 Å². The van der Waals surface area contributed by atoms with E-state index in [1.807, 2.05) is 31.2 Å². The van der Waals surface area contributed by atoms with Gasteiger partial charge in [-0.05, 0) is 18.6 Å². The van der Waals surface area contributed by atoms with Crippen LogP contribution in [0, 0.1) is 6.92 Å². The minimum absolute atomic E-state index is 0.0549. The second-order valence-electron chi connectivity index (χ2n) is 3.44. The van der Waals surface area contributed by atoms with Gasteiger partial charge in [-0.1, -0.05) is 30.0 Å². The number of carbonyl (C=O) groups is 1. The first-order chi connectivity index (χ1) is 8.25. The molecule has 2 rings (SSSR count). The van der Waals surface area contributed by atoms with Crippen molar-refractivity contribution in [3.8, 4) is 0 Å². The third-order valence-corrected chi connectivity index (χ3v) is 3.03. The predicted molar refractivity (Wildman–Crippen MR) is 66.9 cm³/mol. The average molecular weight is 248 g/mol. The van der Waals surface area contributed by atoms with Crippen LogP contribution in [0.25, 0.3) is 0 Å². The predicted octanol–water partition coefficient (Wildman–Crippen LogP) is 1.84. The molecule has 1 amide bonds. The number of rotatable bonds is 4. The van der Waals surface area contributed by atoms with Crippen molar-refractivity contribution in [3.05, 3.63) is 36.2 Å². The molecule has 2 N–H and O–H groups in total. The van der Waals surface area contributed by atoms with Gasteiger partial charge in [0.1, 0.15) is 6.33 Å². The highest BCUT2D eigenvalue weighted by molar-refractivity contribution is 7.99. The summed E-state index contributed by atoms with van der Waals surface area (Å²) in [6.45, 7) is 1.96. The standard InChI is InChI=1S/C11H12N4OS/c1-8-4-2-3-5-9(8)14-10(16)6-17-11-12-7-13-15-11/h2-5,7H,6H2,1H3,(H,14,16)(H,12,13,15). The lowest BCUT2D eigenvalue weighted by molar-refractivity contribution is -0.113. The Morgan fingerprint density at radius 3 is 3.00 bits per heavy atom. The highest BCUT2D eigenvalue weighted by atomic mass is 32.2. The van der Waals surface area contributed by atoms with Gasteiger partial charge in [-0.3, -0.25) is 9.89 Å². The smallest absolute Gasteiger partial charge is 0.234 e. The lowest BCUT2D eigenvalue weighted by Crippen LogP contribution is -2.14. The molecule has 1 aromatic heterocycles. The molecule has 6 heteroatoms. The summed E-state index contributed by atoms with van der Waals surface area (Å²) in [4.78, 5) is 15.6. The number of aryl methyl sites for hydroxylation is 1. The number of thioether (sulfide) groups is 1. The number of anilines is 1. The van der Waals surface area contributed by atoms with Crippen molar-refractivity contribution in [3.63, 3.8) is 0 Å². The van der Waals surface area contributed by atoms with Crippen LogP contribution in [-0.4, -0.2) is 26.8 Å². The van der Waals surface area contributed by atoms with E-state index >= 15 is 0 Å². The Kier molecular flexibility index (Phi) is 3.77. The highest BCUT2D eigenvalue weighted by Crippen LogP contribution is 2.15. The van der Waals surface area contributed by atoms with Crippen LogP contribution in [0.3, 0.4) is 0 Å². The molecule has 0 spiro atoms. The van der Waals surface area contributed by atoms with Crippen LogP contribution < -0.4 is 5.32 Å². The summed E-state index contributed by atoms with van der Waals surface area (Å²) in [6.07, 6.45) is 1.42. The maximum atomic E-state index is 11.7. The molecule has 0 saturated carbocycles. The molecule has 1 aromatic carbocycles. The molecule has 0 atom stereocenters. The van der Waals surface area contributed by atoms with Crippen LogP contribution in [0.5, 0.6) is 0 Å². The molecule has 0 aliphatic carbocycles. The van der Waals surface area contributed by atoms with Crippen LogP contribution in [-0.2, 0) is 4.79 Å². The fourth-order valence-electron chi connectivity index (χ4n) is 1.30. The van der Waals surface area contributed by atoms with E-state index in [4.69, 9.17) is 0 Å². The minimum atomic E-state index is -0.0549. The quantitative estimate of drug-likeness (QED) is 0.810. The number of amides is 1. The maximum absolute atomic E-state index is 11.7. The molecule has 5 nitrogen and oxygen atoms in total. The van der Waals surface area contributed by atoms with E-state index in [9.17, 15) is 4.79 Å². The van der Waals surface area contributed by atoms with Crippen molar-refractivity contribution >= 4 is 23.4 Å². The minimum Gasteiger partial charge on any atom is -0.325 e. The van der Waals surface area contributed by atoms with E-state index in [0.29, 0.717) is 10.9 Å². The Labute approximate surface area is 103 Å². The van der Waals surface area contributed by atoms with Crippen LogP contribution >= 0.6 is 11.8 Å². The van der Waals surface area contributed by atoms with Gasteiger partial charge in [0.2, 0.25) is 5.91 Å².